The fourth-order valence-electron chi connectivity index (χ4n) is 2.98. The fraction of sp³-hybridized carbons (Fsp3) is 0.318. The summed E-state index contributed by atoms with van der Waals surface area (Å²) >= 11 is 7.73. The first-order chi connectivity index (χ1) is 14.7. The summed E-state index contributed by atoms with van der Waals surface area (Å²) in [4.78, 5) is 12.3. The van der Waals surface area contributed by atoms with Crippen LogP contribution in [0.5, 0.6) is 0 Å². The number of thioether (sulfide) groups is 1. The van der Waals surface area contributed by atoms with E-state index in [-0.39, 0.29) is 11.7 Å². The van der Waals surface area contributed by atoms with Gasteiger partial charge in [0.25, 0.3) is 0 Å². The Morgan fingerprint density at radius 2 is 1.90 bits per heavy atom. The van der Waals surface area contributed by atoms with Gasteiger partial charge in [0.1, 0.15) is 0 Å². The van der Waals surface area contributed by atoms with Crippen molar-refractivity contribution in [2.24, 2.45) is 0 Å². The molecule has 1 aromatic heterocycles. The van der Waals surface area contributed by atoms with E-state index in [0.29, 0.717) is 35.7 Å². The molecule has 0 fully saturated rings. The van der Waals surface area contributed by atoms with E-state index in [1.54, 1.807) is 7.11 Å². The lowest BCUT2D eigenvalue weighted by Gasteiger charge is -2.11. The largest absolute Gasteiger partial charge is 0.385 e. The number of carbonyl (C=O) groups is 1. The van der Waals surface area contributed by atoms with Crippen LogP contribution in [0.25, 0.3) is 11.4 Å². The molecule has 0 spiro atoms. The van der Waals surface area contributed by atoms with Crippen molar-refractivity contribution in [2.45, 2.75) is 24.5 Å². The minimum Gasteiger partial charge on any atom is -0.385 e. The molecule has 1 N–H and O–H groups in total. The molecule has 8 heteroatoms. The third-order valence-corrected chi connectivity index (χ3v) is 5.77. The minimum atomic E-state index is -0.0262. The third-order valence-electron chi connectivity index (χ3n) is 4.47. The van der Waals surface area contributed by atoms with E-state index in [4.69, 9.17) is 16.3 Å². The van der Waals surface area contributed by atoms with Crippen molar-refractivity contribution in [3.05, 3.63) is 65.2 Å². The zero-order chi connectivity index (χ0) is 21.2. The van der Waals surface area contributed by atoms with E-state index in [9.17, 15) is 4.79 Å². The summed E-state index contributed by atoms with van der Waals surface area (Å²) in [6.07, 6.45) is 1.62. The van der Waals surface area contributed by atoms with Gasteiger partial charge in [0.15, 0.2) is 11.0 Å². The fourth-order valence-corrected chi connectivity index (χ4v) is 3.99. The van der Waals surface area contributed by atoms with Gasteiger partial charge in [-0.15, -0.1) is 10.2 Å². The summed E-state index contributed by atoms with van der Waals surface area (Å²) in [5, 5.41) is 12.9. The number of carbonyl (C=O) groups excluding carboxylic acids is 1. The maximum absolute atomic E-state index is 12.3. The van der Waals surface area contributed by atoms with Crippen molar-refractivity contribution < 1.29 is 9.53 Å². The molecule has 3 aromatic rings. The van der Waals surface area contributed by atoms with Crippen molar-refractivity contribution in [2.75, 3.05) is 26.0 Å². The van der Waals surface area contributed by atoms with Gasteiger partial charge in [-0.1, -0.05) is 65.8 Å². The van der Waals surface area contributed by atoms with Crippen LogP contribution in [0.15, 0.2) is 59.8 Å². The highest BCUT2D eigenvalue weighted by atomic mass is 35.5. The molecule has 0 aliphatic rings. The smallest absolute Gasteiger partial charge is 0.230 e. The van der Waals surface area contributed by atoms with E-state index in [0.717, 1.165) is 18.4 Å². The SMILES string of the molecule is COCCCn1c(SCC(=O)NCCc2ccccc2)nnc1-c1ccccc1Cl. The normalized spacial score (nSPS) is 10.9. The Bertz CT molecular complexity index is 949. The zero-order valence-corrected chi connectivity index (χ0v) is 18.5. The van der Waals surface area contributed by atoms with E-state index in [2.05, 4.69) is 27.6 Å². The van der Waals surface area contributed by atoms with Crippen LogP contribution in [0.4, 0.5) is 0 Å². The number of ether oxygens (including phenoxy) is 1. The number of amides is 1. The minimum absolute atomic E-state index is 0.0262. The molecule has 0 aliphatic heterocycles. The second-order valence-corrected chi connectivity index (χ2v) is 8.01. The molecule has 0 bridgehead atoms. The van der Waals surface area contributed by atoms with Gasteiger partial charge in [-0.2, -0.15) is 0 Å². The van der Waals surface area contributed by atoms with Crippen LogP contribution in [0.2, 0.25) is 5.02 Å². The number of benzene rings is 2. The summed E-state index contributed by atoms with van der Waals surface area (Å²) in [5.74, 6) is 0.949. The number of halogens is 1. The molecule has 3 rings (SSSR count). The van der Waals surface area contributed by atoms with Gasteiger partial charge in [0.05, 0.1) is 10.8 Å². The molecule has 1 amide bonds. The molecule has 158 valence electrons. The van der Waals surface area contributed by atoms with E-state index < -0.39 is 0 Å². The average Bonchev–Trinajstić information content (AvgIpc) is 3.16. The highest BCUT2D eigenvalue weighted by molar-refractivity contribution is 7.99. The van der Waals surface area contributed by atoms with Crippen molar-refractivity contribution in [1.29, 1.82) is 0 Å². The second kappa shape index (κ2) is 11.7. The molecule has 2 aromatic carbocycles. The molecular formula is C22H25ClN4O2S. The molecule has 0 saturated carbocycles. The van der Waals surface area contributed by atoms with Crippen LogP contribution in [-0.2, 0) is 22.5 Å². The summed E-state index contributed by atoms with van der Waals surface area (Å²) < 4.78 is 7.18. The monoisotopic (exact) mass is 444 g/mol. The van der Waals surface area contributed by atoms with Crippen molar-refractivity contribution in [3.8, 4) is 11.4 Å². The Labute approximate surface area is 186 Å². The molecule has 6 nitrogen and oxygen atoms in total. The van der Waals surface area contributed by atoms with Gasteiger partial charge in [-0.05, 0) is 30.5 Å². The van der Waals surface area contributed by atoms with Crippen LogP contribution < -0.4 is 5.32 Å². The number of nitrogens with one attached hydrogen (secondary N) is 1. The number of rotatable bonds is 11. The van der Waals surface area contributed by atoms with Crippen LogP contribution in [0, 0.1) is 0 Å². The predicted octanol–water partition coefficient (Wildman–Crippen LogP) is 4.09. The topological polar surface area (TPSA) is 69.0 Å². The Morgan fingerprint density at radius 1 is 1.13 bits per heavy atom. The lowest BCUT2D eigenvalue weighted by atomic mass is 10.1. The maximum atomic E-state index is 12.3. The Morgan fingerprint density at radius 3 is 2.67 bits per heavy atom. The zero-order valence-electron chi connectivity index (χ0n) is 16.9. The van der Waals surface area contributed by atoms with Crippen molar-refractivity contribution in [1.82, 2.24) is 20.1 Å². The quantitative estimate of drug-likeness (QED) is 0.356. The molecule has 0 saturated heterocycles. The van der Waals surface area contributed by atoms with E-state index in [1.807, 2.05) is 47.0 Å². The van der Waals surface area contributed by atoms with Gasteiger partial charge in [0, 0.05) is 32.4 Å². The van der Waals surface area contributed by atoms with Crippen LogP contribution in [0.1, 0.15) is 12.0 Å². The first kappa shape index (κ1) is 22.3. The molecule has 0 radical (unpaired) electrons. The first-order valence-corrected chi connectivity index (χ1v) is 11.2. The lowest BCUT2D eigenvalue weighted by molar-refractivity contribution is -0.118. The highest BCUT2D eigenvalue weighted by Gasteiger charge is 2.17. The van der Waals surface area contributed by atoms with E-state index in [1.165, 1.54) is 17.3 Å². The predicted molar refractivity (Wildman–Crippen MR) is 121 cm³/mol. The van der Waals surface area contributed by atoms with Crippen molar-refractivity contribution in [3.63, 3.8) is 0 Å². The Balaban J connectivity index is 1.61. The first-order valence-electron chi connectivity index (χ1n) is 9.79. The number of aromatic nitrogens is 3. The number of hydrogen-bond acceptors (Lipinski definition) is 5. The standard InChI is InChI=1S/C22H25ClN4O2S/c1-29-15-7-14-27-21(18-10-5-6-11-19(18)23)25-26-22(27)30-16-20(28)24-13-12-17-8-3-2-4-9-17/h2-6,8-11H,7,12-16H2,1H3,(H,24,28). The summed E-state index contributed by atoms with van der Waals surface area (Å²) in [6.45, 7) is 1.92. The number of hydrogen-bond donors (Lipinski definition) is 1. The van der Waals surface area contributed by atoms with Gasteiger partial charge in [-0.3, -0.25) is 4.79 Å². The summed E-state index contributed by atoms with van der Waals surface area (Å²) in [5.41, 5.74) is 2.02. The number of nitrogens with zero attached hydrogens (tertiary/aromatic N) is 3. The van der Waals surface area contributed by atoms with Gasteiger partial charge < -0.3 is 14.6 Å². The Hall–Kier alpha value is -2.35. The maximum Gasteiger partial charge on any atom is 0.230 e. The second-order valence-electron chi connectivity index (χ2n) is 6.66. The third kappa shape index (κ3) is 6.32. The van der Waals surface area contributed by atoms with Gasteiger partial charge in [-0.25, -0.2) is 0 Å². The molecule has 0 atom stereocenters. The molecule has 1 heterocycles. The number of methoxy groups -OCH3 is 1. The molecule has 30 heavy (non-hydrogen) atoms. The van der Waals surface area contributed by atoms with Gasteiger partial charge >= 0.3 is 0 Å². The van der Waals surface area contributed by atoms with E-state index >= 15 is 0 Å². The lowest BCUT2D eigenvalue weighted by Crippen LogP contribution is -2.27. The van der Waals surface area contributed by atoms with Crippen LogP contribution in [0.3, 0.4) is 0 Å². The highest BCUT2D eigenvalue weighted by Crippen LogP contribution is 2.29. The molecule has 0 unspecified atom stereocenters. The van der Waals surface area contributed by atoms with Crippen LogP contribution >= 0.6 is 23.4 Å². The Kier molecular flexibility index (Phi) is 8.74. The van der Waals surface area contributed by atoms with Crippen LogP contribution in [-0.4, -0.2) is 46.7 Å². The summed E-state index contributed by atoms with van der Waals surface area (Å²) in [7, 11) is 1.68. The van der Waals surface area contributed by atoms with Gasteiger partial charge in [0.2, 0.25) is 5.91 Å². The van der Waals surface area contributed by atoms with Crippen molar-refractivity contribution >= 4 is 29.3 Å². The molecule has 0 aliphatic carbocycles. The average molecular weight is 445 g/mol. The summed E-state index contributed by atoms with van der Waals surface area (Å²) in [6, 6.07) is 17.6. The molecular weight excluding hydrogens is 420 g/mol.